The molecule has 2 N–H and O–H groups in total. The van der Waals surface area contributed by atoms with Crippen LogP contribution in [0, 0.1) is 6.92 Å². The number of rotatable bonds is 7. The van der Waals surface area contributed by atoms with Crippen LogP contribution in [-0.4, -0.2) is 46.3 Å². The summed E-state index contributed by atoms with van der Waals surface area (Å²) in [7, 11) is 4.14. The fourth-order valence-corrected chi connectivity index (χ4v) is 2.73. The largest absolute Gasteiger partial charge is 0.329 e. The number of aromatic nitrogens is 2. The van der Waals surface area contributed by atoms with Crippen LogP contribution in [0.25, 0.3) is 0 Å². The van der Waals surface area contributed by atoms with E-state index in [-0.39, 0.29) is 6.04 Å². The molecule has 104 valence electrons. The van der Waals surface area contributed by atoms with Gasteiger partial charge >= 0.3 is 0 Å². The molecule has 1 aromatic heterocycles. The van der Waals surface area contributed by atoms with Gasteiger partial charge in [-0.3, -0.25) is 9.58 Å². The van der Waals surface area contributed by atoms with Crippen molar-refractivity contribution in [3.8, 4) is 0 Å². The van der Waals surface area contributed by atoms with Gasteiger partial charge in [0, 0.05) is 30.9 Å². The van der Waals surface area contributed by atoms with Crippen LogP contribution in [0.2, 0.25) is 0 Å². The molecule has 5 heteroatoms. The van der Waals surface area contributed by atoms with Crippen molar-refractivity contribution in [2.24, 2.45) is 12.8 Å². The smallest absolute Gasteiger partial charge is 0.0540 e. The summed E-state index contributed by atoms with van der Waals surface area (Å²) in [5.74, 6) is 1.19. The second-order valence-electron chi connectivity index (χ2n) is 4.86. The Bertz CT molecular complexity index is 364. The zero-order chi connectivity index (χ0) is 13.7. The van der Waals surface area contributed by atoms with E-state index in [2.05, 4.69) is 37.1 Å². The van der Waals surface area contributed by atoms with Gasteiger partial charge in [0.2, 0.25) is 0 Å². The molecule has 0 aliphatic carbocycles. The van der Waals surface area contributed by atoms with Crippen LogP contribution in [0.1, 0.15) is 30.6 Å². The maximum atomic E-state index is 5.97. The van der Waals surface area contributed by atoms with Crippen LogP contribution in [0.4, 0.5) is 0 Å². The van der Waals surface area contributed by atoms with Gasteiger partial charge in [-0.25, -0.2) is 0 Å². The fourth-order valence-electron chi connectivity index (χ4n) is 2.15. The lowest BCUT2D eigenvalue weighted by Gasteiger charge is -2.32. The van der Waals surface area contributed by atoms with E-state index in [9.17, 15) is 0 Å². The molecule has 0 bridgehead atoms. The summed E-state index contributed by atoms with van der Waals surface area (Å²) in [5, 5.41) is 4.32. The lowest BCUT2D eigenvalue weighted by Crippen LogP contribution is -2.37. The zero-order valence-corrected chi connectivity index (χ0v) is 13.0. The monoisotopic (exact) mass is 270 g/mol. The summed E-state index contributed by atoms with van der Waals surface area (Å²) < 4.78 is 1.92. The summed E-state index contributed by atoms with van der Waals surface area (Å²) in [6, 6.07) is 0.793. The number of hydrogen-bond acceptors (Lipinski definition) is 4. The Morgan fingerprint density at radius 2 is 2.22 bits per heavy atom. The van der Waals surface area contributed by atoms with E-state index in [1.165, 1.54) is 23.4 Å². The summed E-state index contributed by atoms with van der Waals surface area (Å²) in [4.78, 5) is 2.38. The highest BCUT2D eigenvalue weighted by atomic mass is 32.2. The first-order chi connectivity index (χ1) is 8.52. The Labute approximate surface area is 115 Å². The van der Waals surface area contributed by atoms with Gasteiger partial charge in [-0.1, -0.05) is 0 Å². The van der Waals surface area contributed by atoms with E-state index in [1.807, 2.05) is 29.7 Å². The molecule has 1 aromatic rings. The minimum absolute atomic E-state index is 0.260. The average molecular weight is 270 g/mol. The number of nitrogens with zero attached hydrogens (tertiary/aromatic N) is 3. The van der Waals surface area contributed by atoms with Crippen molar-refractivity contribution in [3.05, 3.63) is 17.5 Å². The third-order valence-corrected chi connectivity index (χ3v) is 4.43. The van der Waals surface area contributed by atoms with Crippen molar-refractivity contribution in [2.45, 2.75) is 32.4 Å². The maximum Gasteiger partial charge on any atom is 0.0540 e. The van der Waals surface area contributed by atoms with Gasteiger partial charge in [-0.15, -0.1) is 0 Å². The first kappa shape index (κ1) is 15.5. The molecule has 0 aliphatic heterocycles. The van der Waals surface area contributed by atoms with Crippen molar-refractivity contribution in [1.29, 1.82) is 0 Å². The quantitative estimate of drug-likeness (QED) is 0.821. The molecule has 1 heterocycles. The highest BCUT2D eigenvalue weighted by Crippen LogP contribution is 2.24. The molecule has 0 amide bonds. The molecule has 4 nitrogen and oxygen atoms in total. The van der Waals surface area contributed by atoms with Crippen LogP contribution in [0.3, 0.4) is 0 Å². The second kappa shape index (κ2) is 7.16. The minimum atomic E-state index is 0.260. The Morgan fingerprint density at radius 1 is 1.56 bits per heavy atom. The molecule has 0 spiro atoms. The van der Waals surface area contributed by atoms with Crippen molar-refractivity contribution >= 4 is 11.8 Å². The van der Waals surface area contributed by atoms with E-state index in [4.69, 9.17) is 5.73 Å². The maximum absolute atomic E-state index is 5.97. The summed E-state index contributed by atoms with van der Waals surface area (Å²) in [6.07, 6.45) is 5.29. The molecule has 0 saturated heterocycles. The van der Waals surface area contributed by atoms with E-state index >= 15 is 0 Å². The SMILES string of the molecule is CSCCC(C)N(C)C(CN)c1cnn(C)c1C. The van der Waals surface area contributed by atoms with E-state index < -0.39 is 0 Å². The minimum Gasteiger partial charge on any atom is -0.329 e. The van der Waals surface area contributed by atoms with Crippen LogP contribution < -0.4 is 5.73 Å². The Balaban J connectivity index is 2.79. The van der Waals surface area contributed by atoms with Crippen molar-refractivity contribution in [2.75, 3.05) is 25.6 Å². The fraction of sp³-hybridized carbons (Fsp3) is 0.769. The van der Waals surface area contributed by atoms with Crippen LogP contribution in [0.15, 0.2) is 6.20 Å². The highest BCUT2D eigenvalue weighted by Gasteiger charge is 2.23. The molecular formula is C13H26N4S. The third-order valence-electron chi connectivity index (χ3n) is 3.78. The number of hydrogen-bond donors (Lipinski definition) is 1. The molecule has 0 radical (unpaired) electrons. The van der Waals surface area contributed by atoms with Crippen molar-refractivity contribution < 1.29 is 0 Å². The summed E-state index contributed by atoms with van der Waals surface area (Å²) in [5.41, 5.74) is 8.42. The number of thioether (sulfide) groups is 1. The number of likely N-dealkylation sites (N-methyl/N-ethyl adjacent to an activating group) is 1. The van der Waals surface area contributed by atoms with Gasteiger partial charge < -0.3 is 5.73 Å². The molecule has 2 unspecified atom stereocenters. The van der Waals surface area contributed by atoms with Gasteiger partial charge in [0.15, 0.2) is 0 Å². The van der Waals surface area contributed by atoms with Crippen molar-refractivity contribution in [3.63, 3.8) is 0 Å². The second-order valence-corrected chi connectivity index (χ2v) is 5.84. The third kappa shape index (κ3) is 3.49. The van der Waals surface area contributed by atoms with E-state index in [0.717, 1.165) is 0 Å². The molecule has 2 atom stereocenters. The zero-order valence-electron chi connectivity index (χ0n) is 12.2. The van der Waals surface area contributed by atoms with Crippen LogP contribution in [-0.2, 0) is 7.05 Å². The molecule has 1 rings (SSSR count). The van der Waals surface area contributed by atoms with Gasteiger partial charge in [-0.2, -0.15) is 16.9 Å². The van der Waals surface area contributed by atoms with Crippen molar-refractivity contribution in [1.82, 2.24) is 14.7 Å². The lowest BCUT2D eigenvalue weighted by atomic mass is 10.0. The van der Waals surface area contributed by atoms with Crippen LogP contribution >= 0.6 is 11.8 Å². The first-order valence-electron chi connectivity index (χ1n) is 6.42. The van der Waals surface area contributed by atoms with E-state index in [1.54, 1.807) is 0 Å². The first-order valence-corrected chi connectivity index (χ1v) is 7.81. The van der Waals surface area contributed by atoms with E-state index in [0.29, 0.717) is 12.6 Å². The van der Waals surface area contributed by atoms with Gasteiger partial charge in [0.1, 0.15) is 0 Å². The number of nitrogens with two attached hydrogens (primary N) is 1. The summed E-state index contributed by atoms with van der Waals surface area (Å²) >= 11 is 1.90. The number of aryl methyl sites for hydroxylation is 1. The average Bonchev–Trinajstić information content (AvgIpc) is 2.69. The lowest BCUT2D eigenvalue weighted by molar-refractivity contribution is 0.185. The van der Waals surface area contributed by atoms with Gasteiger partial charge in [0.25, 0.3) is 0 Å². The Kier molecular flexibility index (Phi) is 6.18. The Morgan fingerprint density at radius 3 is 2.67 bits per heavy atom. The normalized spacial score (nSPS) is 15.1. The summed E-state index contributed by atoms with van der Waals surface area (Å²) in [6.45, 7) is 5.00. The van der Waals surface area contributed by atoms with Gasteiger partial charge in [0.05, 0.1) is 12.2 Å². The molecular weight excluding hydrogens is 244 g/mol. The Hall–Kier alpha value is -0.520. The topological polar surface area (TPSA) is 47.1 Å². The molecule has 18 heavy (non-hydrogen) atoms. The molecule has 0 aromatic carbocycles. The molecule has 0 saturated carbocycles. The predicted molar refractivity (Wildman–Crippen MR) is 80.0 cm³/mol. The molecule has 0 aliphatic rings. The highest BCUT2D eigenvalue weighted by molar-refractivity contribution is 7.98. The standard InChI is InChI=1S/C13H26N4S/c1-10(6-7-18-5)16(3)13(8-14)12-9-15-17(4)11(12)2/h9-10,13H,6-8,14H2,1-5H3. The van der Waals surface area contributed by atoms with Gasteiger partial charge in [-0.05, 0) is 39.3 Å². The van der Waals surface area contributed by atoms with Crippen LogP contribution in [0.5, 0.6) is 0 Å². The predicted octanol–water partition coefficient (Wildman–Crippen LogP) is 1.80. The molecule has 0 fully saturated rings.